The van der Waals surface area contributed by atoms with E-state index in [1.807, 2.05) is 60.7 Å². The molecule has 1 amide bonds. The molecule has 1 fully saturated rings. The van der Waals surface area contributed by atoms with Gasteiger partial charge in [0.1, 0.15) is 0 Å². The standard InChI is InChI=1S/C22H26N4O2S/c1-14(13-26-16(3)12-15(2)24-26)22(28)25-10-8-17(9-11-25)20(27)21-23-18-6-4-5-7-19(18)29-21/h4-7,12,14,17H,8-11,13H2,1-3H3/t14-/m0/s1. The summed E-state index contributed by atoms with van der Waals surface area (Å²) >= 11 is 1.46. The van der Waals surface area contributed by atoms with Crippen LogP contribution in [0.2, 0.25) is 0 Å². The number of aryl methyl sites for hydroxylation is 2. The van der Waals surface area contributed by atoms with Crippen LogP contribution in [0.5, 0.6) is 0 Å². The molecule has 2 aromatic heterocycles. The van der Waals surface area contributed by atoms with Crippen LogP contribution in [-0.4, -0.2) is 44.4 Å². The molecule has 4 rings (SSSR count). The van der Waals surface area contributed by atoms with Gasteiger partial charge in [-0.1, -0.05) is 19.1 Å². The summed E-state index contributed by atoms with van der Waals surface area (Å²) in [5.41, 5.74) is 2.92. The zero-order chi connectivity index (χ0) is 20.5. The van der Waals surface area contributed by atoms with Crippen LogP contribution in [0, 0.1) is 25.7 Å². The molecular weight excluding hydrogens is 384 g/mol. The van der Waals surface area contributed by atoms with E-state index >= 15 is 0 Å². The summed E-state index contributed by atoms with van der Waals surface area (Å²) in [5, 5.41) is 5.05. The Kier molecular flexibility index (Phi) is 5.50. The summed E-state index contributed by atoms with van der Waals surface area (Å²) < 4.78 is 2.95. The molecule has 0 aliphatic carbocycles. The molecule has 0 N–H and O–H groups in total. The molecule has 1 aliphatic rings. The highest BCUT2D eigenvalue weighted by atomic mass is 32.1. The maximum absolute atomic E-state index is 12.9. The molecule has 29 heavy (non-hydrogen) atoms. The molecule has 1 aliphatic heterocycles. The van der Waals surface area contributed by atoms with Crippen LogP contribution in [0.1, 0.15) is 41.0 Å². The van der Waals surface area contributed by atoms with E-state index in [0.717, 1.165) is 21.6 Å². The maximum Gasteiger partial charge on any atom is 0.227 e. The van der Waals surface area contributed by atoms with Gasteiger partial charge < -0.3 is 4.90 Å². The van der Waals surface area contributed by atoms with Gasteiger partial charge in [0, 0.05) is 24.7 Å². The van der Waals surface area contributed by atoms with Gasteiger partial charge in [0.15, 0.2) is 10.8 Å². The van der Waals surface area contributed by atoms with Crippen LogP contribution >= 0.6 is 11.3 Å². The number of benzene rings is 1. The van der Waals surface area contributed by atoms with E-state index in [0.29, 0.717) is 37.5 Å². The molecule has 0 spiro atoms. The topological polar surface area (TPSA) is 68.1 Å². The summed E-state index contributed by atoms with van der Waals surface area (Å²) in [7, 11) is 0. The number of carbonyl (C=O) groups excluding carboxylic acids is 2. The molecule has 0 saturated carbocycles. The first kappa shape index (κ1) is 19.8. The predicted molar refractivity (Wildman–Crippen MR) is 114 cm³/mol. The SMILES string of the molecule is Cc1cc(C)n(C[C@H](C)C(=O)N2CCC(C(=O)c3nc4ccccc4s3)CC2)n1. The van der Waals surface area contributed by atoms with Gasteiger partial charge in [-0.15, -0.1) is 11.3 Å². The minimum atomic E-state index is -0.135. The van der Waals surface area contributed by atoms with E-state index < -0.39 is 0 Å². The average molecular weight is 411 g/mol. The number of nitrogens with zero attached hydrogens (tertiary/aromatic N) is 4. The Morgan fingerprint density at radius 1 is 1.21 bits per heavy atom. The fourth-order valence-electron chi connectivity index (χ4n) is 4.02. The second kappa shape index (κ2) is 8.06. The zero-order valence-electron chi connectivity index (χ0n) is 17.1. The van der Waals surface area contributed by atoms with Crippen LogP contribution in [0.15, 0.2) is 30.3 Å². The molecule has 1 atom stereocenters. The van der Waals surface area contributed by atoms with Gasteiger partial charge >= 0.3 is 0 Å². The van der Waals surface area contributed by atoms with Gasteiger partial charge in [-0.3, -0.25) is 14.3 Å². The van der Waals surface area contributed by atoms with Crippen LogP contribution in [0.3, 0.4) is 0 Å². The number of Topliss-reactive ketones (excluding diaryl/α,β-unsaturated/α-hetero) is 1. The van der Waals surface area contributed by atoms with Crippen molar-refractivity contribution in [1.82, 2.24) is 19.7 Å². The quantitative estimate of drug-likeness (QED) is 0.599. The maximum atomic E-state index is 12.9. The van der Waals surface area contributed by atoms with E-state index in [2.05, 4.69) is 10.1 Å². The lowest BCUT2D eigenvalue weighted by Gasteiger charge is -2.32. The fourth-order valence-corrected chi connectivity index (χ4v) is 5.01. The van der Waals surface area contributed by atoms with Crippen molar-refractivity contribution in [3.63, 3.8) is 0 Å². The number of rotatable bonds is 5. The van der Waals surface area contributed by atoms with Crippen molar-refractivity contribution in [1.29, 1.82) is 0 Å². The van der Waals surface area contributed by atoms with E-state index in [4.69, 9.17) is 0 Å². The zero-order valence-corrected chi connectivity index (χ0v) is 17.9. The normalized spacial score (nSPS) is 16.3. The molecule has 152 valence electrons. The fraction of sp³-hybridized carbons (Fsp3) is 0.455. The summed E-state index contributed by atoms with van der Waals surface area (Å²) in [6, 6.07) is 9.86. The molecule has 0 unspecified atom stereocenters. The number of para-hydroxylation sites is 1. The Morgan fingerprint density at radius 3 is 2.59 bits per heavy atom. The predicted octanol–water partition coefficient (Wildman–Crippen LogP) is 3.87. The third-order valence-electron chi connectivity index (χ3n) is 5.65. The van der Waals surface area contributed by atoms with Crippen molar-refractivity contribution in [2.75, 3.05) is 13.1 Å². The summed E-state index contributed by atoms with van der Waals surface area (Å²) in [6.45, 7) is 7.77. The van der Waals surface area contributed by atoms with Gasteiger partial charge in [-0.2, -0.15) is 5.10 Å². The number of ketones is 1. The Balaban J connectivity index is 1.35. The number of hydrogen-bond acceptors (Lipinski definition) is 5. The van der Waals surface area contributed by atoms with Gasteiger partial charge in [0.05, 0.1) is 28.4 Å². The van der Waals surface area contributed by atoms with E-state index in [-0.39, 0.29) is 23.5 Å². The van der Waals surface area contributed by atoms with Crippen molar-refractivity contribution in [3.05, 3.63) is 46.7 Å². The third-order valence-corrected chi connectivity index (χ3v) is 6.70. The molecule has 1 aromatic carbocycles. The minimum absolute atomic E-state index is 0.0501. The smallest absolute Gasteiger partial charge is 0.227 e. The number of piperidine rings is 1. The summed E-state index contributed by atoms with van der Waals surface area (Å²) in [4.78, 5) is 32.2. The second-order valence-corrected chi connectivity index (χ2v) is 8.99. The van der Waals surface area contributed by atoms with Crippen LogP contribution < -0.4 is 0 Å². The molecule has 3 aromatic rings. The Bertz CT molecular complexity index is 1010. The van der Waals surface area contributed by atoms with Gasteiger partial charge in [-0.25, -0.2) is 4.98 Å². The molecule has 0 bridgehead atoms. The lowest BCUT2D eigenvalue weighted by atomic mass is 9.92. The number of carbonyl (C=O) groups is 2. The van der Waals surface area contributed by atoms with Crippen molar-refractivity contribution >= 4 is 33.2 Å². The van der Waals surface area contributed by atoms with Crippen LogP contribution in [0.4, 0.5) is 0 Å². The number of hydrogen-bond donors (Lipinski definition) is 0. The van der Waals surface area contributed by atoms with Gasteiger partial charge in [0.2, 0.25) is 5.91 Å². The minimum Gasteiger partial charge on any atom is -0.342 e. The Hall–Kier alpha value is -2.54. The first-order valence-corrected chi connectivity index (χ1v) is 10.9. The lowest BCUT2D eigenvalue weighted by molar-refractivity contribution is -0.136. The van der Waals surface area contributed by atoms with Crippen LogP contribution in [0.25, 0.3) is 10.2 Å². The van der Waals surface area contributed by atoms with Crippen molar-refractivity contribution < 1.29 is 9.59 Å². The first-order chi connectivity index (χ1) is 13.9. The number of likely N-dealkylation sites (tertiary alicyclic amines) is 1. The second-order valence-electron chi connectivity index (χ2n) is 7.96. The van der Waals surface area contributed by atoms with E-state index in [1.165, 1.54) is 11.3 Å². The molecule has 0 radical (unpaired) electrons. The van der Waals surface area contributed by atoms with Gasteiger partial charge in [0.25, 0.3) is 0 Å². The molecule has 7 heteroatoms. The van der Waals surface area contributed by atoms with Crippen molar-refractivity contribution in [2.24, 2.45) is 11.8 Å². The van der Waals surface area contributed by atoms with Crippen molar-refractivity contribution in [3.8, 4) is 0 Å². The highest BCUT2D eigenvalue weighted by Crippen LogP contribution is 2.28. The highest BCUT2D eigenvalue weighted by molar-refractivity contribution is 7.20. The highest BCUT2D eigenvalue weighted by Gasteiger charge is 2.31. The average Bonchev–Trinajstić information content (AvgIpc) is 3.29. The lowest BCUT2D eigenvalue weighted by Crippen LogP contribution is -2.43. The third kappa shape index (κ3) is 4.10. The number of amides is 1. The Labute approximate surface area is 174 Å². The van der Waals surface area contributed by atoms with E-state index in [1.54, 1.807) is 0 Å². The summed E-state index contributed by atoms with van der Waals surface area (Å²) in [6.07, 6.45) is 1.40. The van der Waals surface area contributed by atoms with Gasteiger partial charge in [-0.05, 0) is 44.9 Å². The number of fused-ring (bicyclic) bond motifs is 1. The van der Waals surface area contributed by atoms with Crippen LogP contribution in [-0.2, 0) is 11.3 Å². The number of thiazole rings is 1. The molecule has 3 heterocycles. The van der Waals surface area contributed by atoms with Crippen molar-refractivity contribution in [2.45, 2.75) is 40.2 Å². The molecule has 1 saturated heterocycles. The number of aromatic nitrogens is 3. The molecule has 6 nitrogen and oxygen atoms in total. The molecular formula is C22H26N4O2S. The monoisotopic (exact) mass is 410 g/mol. The Morgan fingerprint density at radius 2 is 1.93 bits per heavy atom. The summed E-state index contributed by atoms with van der Waals surface area (Å²) in [5.74, 6) is 0.0767. The van der Waals surface area contributed by atoms with E-state index in [9.17, 15) is 9.59 Å². The largest absolute Gasteiger partial charge is 0.342 e. The first-order valence-electron chi connectivity index (χ1n) is 10.1.